The molecule has 1 unspecified atom stereocenters. The van der Waals surface area contributed by atoms with Gasteiger partial charge in [0.25, 0.3) is 0 Å². The highest BCUT2D eigenvalue weighted by molar-refractivity contribution is 5.11. The summed E-state index contributed by atoms with van der Waals surface area (Å²) in [7, 11) is 1.73. The Morgan fingerprint density at radius 1 is 1.73 bits per heavy atom. The molecule has 1 rings (SSSR count). The zero-order valence-electron chi connectivity index (χ0n) is 6.42. The van der Waals surface area contributed by atoms with Crippen molar-refractivity contribution in [1.82, 2.24) is 10.3 Å². The lowest BCUT2D eigenvalue weighted by Gasteiger charge is -2.05. The van der Waals surface area contributed by atoms with Crippen LogP contribution >= 0.6 is 0 Å². The van der Waals surface area contributed by atoms with E-state index in [2.05, 4.69) is 10.3 Å². The average Bonchev–Trinajstić information content (AvgIpc) is 2.07. The van der Waals surface area contributed by atoms with Crippen LogP contribution < -0.4 is 5.32 Å². The lowest BCUT2D eigenvalue weighted by Crippen LogP contribution is -2.13. The fraction of sp³-hybridized carbons (Fsp3) is 0.375. The molecule has 0 saturated heterocycles. The Morgan fingerprint density at radius 2 is 2.55 bits per heavy atom. The first kappa shape index (κ1) is 8.14. The zero-order chi connectivity index (χ0) is 8.10. The molecule has 0 amide bonds. The van der Waals surface area contributed by atoms with Crippen molar-refractivity contribution in [3.05, 3.63) is 30.1 Å². The van der Waals surface area contributed by atoms with Gasteiger partial charge in [-0.25, -0.2) is 4.39 Å². The molecule has 1 aromatic heterocycles. The number of hydrogen-bond acceptors (Lipinski definition) is 2. The minimum absolute atomic E-state index is 0.339. The molecule has 2 nitrogen and oxygen atoms in total. The summed E-state index contributed by atoms with van der Waals surface area (Å²) in [6.45, 7) is 0.339. The first-order valence-corrected chi connectivity index (χ1v) is 3.53. The lowest BCUT2D eigenvalue weighted by molar-refractivity contribution is 0.335. The van der Waals surface area contributed by atoms with Gasteiger partial charge >= 0.3 is 0 Å². The van der Waals surface area contributed by atoms with E-state index >= 15 is 0 Å². The second kappa shape index (κ2) is 4.03. The highest BCUT2D eigenvalue weighted by Crippen LogP contribution is 2.13. The molecule has 1 N–H and O–H groups in total. The maximum Gasteiger partial charge on any atom is 0.139 e. The molecular weight excluding hydrogens is 143 g/mol. The van der Waals surface area contributed by atoms with Crippen molar-refractivity contribution < 1.29 is 4.39 Å². The van der Waals surface area contributed by atoms with Crippen LogP contribution in [0.15, 0.2) is 24.5 Å². The number of alkyl halides is 1. The van der Waals surface area contributed by atoms with Crippen LogP contribution in [0.25, 0.3) is 0 Å². The number of hydrogen-bond donors (Lipinski definition) is 1. The van der Waals surface area contributed by atoms with Crippen LogP contribution in [0.3, 0.4) is 0 Å². The third-order valence-electron chi connectivity index (χ3n) is 1.43. The molecule has 1 atom stereocenters. The summed E-state index contributed by atoms with van der Waals surface area (Å²) in [5.74, 6) is 0. The zero-order valence-corrected chi connectivity index (χ0v) is 6.42. The molecule has 0 bridgehead atoms. The van der Waals surface area contributed by atoms with Crippen LogP contribution in [0.2, 0.25) is 0 Å². The van der Waals surface area contributed by atoms with Gasteiger partial charge in [0.05, 0.1) is 0 Å². The summed E-state index contributed by atoms with van der Waals surface area (Å²) < 4.78 is 13.0. The van der Waals surface area contributed by atoms with E-state index in [9.17, 15) is 4.39 Å². The van der Waals surface area contributed by atoms with Crippen LogP contribution in [0.1, 0.15) is 11.7 Å². The van der Waals surface area contributed by atoms with Crippen molar-refractivity contribution in [2.24, 2.45) is 0 Å². The number of likely N-dealkylation sites (N-methyl/N-ethyl adjacent to an activating group) is 1. The number of halogens is 1. The van der Waals surface area contributed by atoms with Crippen LogP contribution in [-0.4, -0.2) is 18.6 Å². The number of nitrogens with zero attached hydrogens (tertiary/aromatic N) is 1. The van der Waals surface area contributed by atoms with Crippen molar-refractivity contribution in [3.8, 4) is 0 Å². The summed E-state index contributed by atoms with van der Waals surface area (Å²) in [4.78, 5) is 3.82. The van der Waals surface area contributed by atoms with Gasteiger partial charge in [0, 0.05) is 24.5 Å². The van der Waals surface area contributed by atoms with E-state index in [1.807, 2.05) is 0 Å². The highest BCUT2D eigenvalue weighted by atomic mass is 19.1. The molecule has 60 valence electrons. The molecule has 0 aliphatic carbocycles. The summed E-state index contributed by atoms with van der Waals surface area (Å²) in [5, 5.41) is 2.76. The summed E-state index contributed by atoms with van der Waals surface area (Å²) in [6, 6.07) is 3.46. The normalized spacial score (nSPS) is 12.9. The van der Waals surface area contributed by atoms with Gasteiger partial charge in [0.15, 0.2) is 0 Å². The largest absolute Gasteiger partial charge is 0.317 e. The molecule has 11 heavy (non-hydrogen) atoms. The quantitative estimate of drug-likeness (QED) is 0.710. The number of rotatable bonds is 3. The first-order chi connectivity index (χ1) is 5.34. The fourth-order valence-corrected chi connectivity index (χ4v) is 0.858. The third kappa shape index (κ3) is 2.27. The van der Waals surface area contributed by atoms with Crippen molar-refractivity contribution in [1.29, 1.82) is 0 Å². The van der Waals surface area contributed by atoms with Crippen molar-refractivity contribution in [3.63, 3.8) is 0 Å². The number of pyridine rings is 1. The van der Waals surface area contributed by atoms with Gasteiger partial charge in [-0.15, -0.1) is 0 Å². The smallest absolute Gasteiger partial charge is 0.139 e. The van der Waals surface area contributed by atoms with Gasteiger partial charge < -0.3 is 5.32 Å². The molecule has 1 heterocycles. The van der Waals surface area contributed by atoms with E-state index < -0.39 is 6.17 Å². The SMILES string of the molecule is CNCC(F)c1cccnc1. The second-order valence-corrected chi connectivity index (χ2v) is 2.31. The third-order valence-corrected chi connectivity index (χ3v) is 1.43. The Balaban J connectivity index is 2.61. The molecule has 3 heteroatoms. The van der Waals surface area contributed by atoms with Crippen molar-refractivity contribution in [2.75, 3.05) is 13.6 Å². The molecule has 0 saturated carbocycles. The molecule has 0 spiro atoms. The maximum absolute atomic E-state index is 13.0. The second-order valence-electron chi connectivity index (χ2n) is 2.31. The minimum Gasteiger partial charge on any atom is -0.317 e. The van der Waals surface area contributed by atoms with Crippen molar-refractivity contribution in [2.45, 2.75) is 6.17 Å². The molecule has 0 aliphatic rings. The Hall–Kier alpha value is -0.960. The average molecular weight is 154 g/mol. The van der Waals surface area contributed by atoms with Gasteiger partial charge in [-0.05, 0) is 13.1 Å². The standard InChI is InChI=1S/C8H11FN2/c1-10-6-8(9)7-3-2-4-11-5-7/h2-5,8,10H,6H2,1H3. The van der Waals surface area contributed by atoms with E-state index in [4.69, 9.17) is 0 Å². The summed E-state index contributed by atoms with van der Waals surface area (Å²) in [5.41, 5.74) is 0.627. The topological polar surface area (TPSA) is 24.9 Å². The maximum atomic E-state index is 13.0. The first-order valence-electron chi connectivity index (χ1n) is 3.53. The van der Waals surface area contributed by atoms with Crippen LogP contribution in [0, 0.1) is 0 Å². The Morgan fingerprint density at radius 3 is 3.09 bits per heavy atom. The highest BCUT2D eigenvalue weighted by Gasteiger charge is 2.06. The van der Waals surface area contributed by atoms with E-state index in [1.165, 1.54) is 0 Å². The molecule has 0 fully saturated rings. The Kier molecular flexibility index (Phi) is 2.98. The van der Waals surface area contributed by atoms with E-state index in [0.717, 1.165) is 0 Å². The minimum atomic E-state index is -0.950. The lowest BCUT2D eigenvalue weighted by atomic mass is 10.2. The Bertz CT molecular complexity index is 201. The van der Waals surface area contributed by atoms with E-state index in [1.54, 1.807) is 31.6 Å². The van der Waals surface area contributed by atoms with Gasteiger partial charge in [-0.3, -0.25) is 4.98 Å². The molecule has 0 radical (unpaired) electrons. The molecule has 1 aromatic rings. The molecule has 0 aromatic carbocycles. The van der Waals surface area contributed by atoms with E-state index in [-0.39, 0.29) is 0 Å². The summed E-state index contributed by atoms with van der Waals surface area (Å²) in [6.07, 6.45) is 2.23. The predicted octanol–water partition coefficient (Wildman–Crippen LogP) is 1.31. The van der Waals surface area contributed by atoms with Crippen molar-refractivity contribution >= 4 is 0 Å². The van der Waals surface area contributed by atoms with Gasteiger partial charge in [0.2, 0.25) is 0 Å². The predicted molar refractivity (Wildman–Crippen MR) is 42.0 cm³/mol. The monoisotopic (exact) mass is 154 g/mol. The summed E-state index contributed by atoms with van der Waals surface area (Å²) >= 11 is 0. The van der Waals surface area contributed by atoms with Gasteiger partial charge in [0.1, 0.15) is 6.17 Å². The molecular formula is C8H11FN2. The van der Waals surface area contributed by atoms with Crippen LogP contribution in [0.4, 0.5) is 4.39 Å². The van der Waals surface area contributed by atoms with Gasteiger partial charge in [-0.1, -0.05) is 6.07 Å². The van der Waals surface area contributed by atoms with E-state index in [0.29, 0.717) is 12.1 Å². The van der Waals surface area contributed by atoms with Crippen LogP contribution in [-0.2, 0) is 0 Å². The van der Waals surface area contributed by atoms with Gasteiger partial charge in [-0.2, -0.15) is 0 Å². The fourth-order valence-electron chi connectivity index (χ4n) is 0.858. The van der Waals surface area contributed by atoms with Crippen LogP contribution in [0.5, 0.6) is 0 Å². The number of aromatic nitrogens is 1. The number of nitrogens with one attached hydrogen (secondary N) is 1. The molecule has 0 aliphatic heterocycles. The Labute approximate surface area is 65.5 Å².